The van der Waals surface area contributed by atoms with Gasteiger partial charge >= 0.3 is 12.0 Å². The van der Waals surface area contributed by atoms with Crippen molar-refractivity contribution in [1.82, 2.24) is 15.3 Å². The summed E-state index contributed by atoms with van der Waals surface area (Å²) in [4.78, 5) is 21.6. The fraction of sp³-hybridized carbons (Fsp3) is 0.188. The van der Waals surface area contributed by atoms with E-state index in [1.54, 1.807) is 12.1 Å². The molecule has 0 aliphatic carbocycles. The Labute approximate surface area is 137 Å². The minimum absolute atomic E-state index is 0.0570. The molecule has 1 aliphatic rings. The summed E-state index contributed by atoms with van der Waals surface area (Å²) in [5.74, 6) is 0.468. The van der Waals surface area contributed by atoms with Crippen molar-refractivity contribution in [3.63, 3.8) is 0 Å². The first-order valence-corrected chi connectivity index (χ1v) is 6.85. The summed E-state index contributed by atoms with van der Waals surface area (Å²) in [6.45, 7) is 4.22. The number of amides is 2. The molecule has 23 heavy (non-hydrogen) atoms. The molecule has 2 heterocycles. The maximum atomic E-state index is 11.9. The van der Waals surface area contributed by atoms with Gasteiger partial charge in [0, 0.05) is 24.7 Å². The Morgan fingerprint density at radius 2 is 2.13 bits per heavy atom. The van der Waals surface area contributed by atoms with Crippen molar-refractivity contribution >= 4 is 11.7 Å². The number of methoxy groups -OCH3 is 1. The number of hydrogen-bond acceptors (Lipinski definition) is 5. The van der Waals surface area contributed by atoms with Gasteiger partial charge in [-0.15, -0.1) is 0 Å². The molecule has 0 saturated carbocycles. The molecule has 2 amide bonds. The fourth-order valence-corrected chi connectivity index (χ4v) is 2.08. The van der Waals surface area contributed by atoms with Crippen LogP contribution in [0.2, 0.25) is 0 Å². The first-order chi connectivity index (χ1) is 12.3. The maximum Gasteiger partial charge on any atom is 0.326 e. The van der Waals surface area contributed by atoms with Gasteiger partial charge < -0.3 is 14.8 Å². The second-order valence-electron chi connectivity index (χ2n) is 4.84. The topological polar surface area (TPSA) is 76.6 Å². The number of nitrogens with one attached hydrogen (secondary N) is 1. The predicted octanol–water partition coefficient (Wildman–Crippen LogP) is 2.71. The van der Waals surface area contributed by atoms with Crippen LogP contribution in [-0.2, 0) is 0 Å². The standard InChI is InChI=1S/C16H16N4O3/c1-11-6-7-20(16(21)19-11)12-9-17-15(18-10-12)23-14-5-3-4-13(8-14)22-2/h3-5,8-10H,1,6-7H2,2H3,(H,19,21)/i2D3. The van der Waals surface area contributed by atoms with E-state index in [1.165, 1.54) is 29.4 Å². The highest BCUT2D eigenvalue weighted by Gasteiger charge is 2.21. The minimum Gasteiger partial charge on any atom is -0.497 e. The van der Waals surface area contributed by atoms with Gasteiger partial charge in [0.05, 0.1) is 29.2 Å². The van der Waals surface area contributed by atoms with E-state index in [0.29, 0.717) is 30.1 Å². The third-order valence-corrected chi connectivity index (χ3v) is 3.22. The van der Waals surface area contributed by atoms with Gasteiger partial charge in [0.25, 0.3) is 0 Å². The van der Waals surface area contributed by atoms with E-state index in [2.05, 4.69) is 21.9 Å². The van der Waals surface area contributed by atoms with Crippen LogP contribution in [0.5, 0.6) is 17.5 Å². The molecule has 3 rings (SSSR count). The normalized spacial score (nSPS) is 16.9. The first kappa shape index (κ1) is 11.5. The van der Waals surface area contributed by atoms with Gasteiger partial charge in [-0.1, -0.05) is 12.6 Å². The molecule has 1 aromatic carbocycles. The van der Waals surface area contributed by atoms with Crippen LogP contribution in [-0.4, -0.2) is 29.6 Å². The number of carbonyl (C=O) groups is 1. The van der Waals surface area contributed by atoms with Crippen molar-refractivity contribution in [2.75, 3.05) is 18.5 Å². The predicted molar refractivity (Wildman–Crippen MR) is 84.7 cm³/mol. The highest BCUT2D eigenvalue weighted by atomic mass is 16.5. The van der Waals surface area contributed by atoms with Crippen LogP contribution in [0.15, 0.2) is 48.9 Å². The van der Waals surface area contributed by atoms with Crippen LogP contribution < -0.4 is 19.7 Å². The molecule has 1 N–H and O–H groups in total. The number of anilines is 1. The number of carbonyl (C=O) groups excluding carboxylic acids is 1. The minimum atomic E-state index is -2.54. The van der Waals surface area contributed by atoms with Gasteiger partial charge in [-0.05, 0) is 12.1 Å². The molecular formula is C16H16N4O3. The molecular weight excluding hydrogens is 296 g/mol. The Bertz CT molecular complexity index is 824. The van der Waals surface area contributed by atoms with Gasteiger partial charge in [-0.3, -0.25) is 4.90 Å². The zero-order valence-electron chi connectivity index (χ0n) is 15.2. The van der Waals surface area contributed by atoms with Crippen LogP contribution in [0, 0.1) is 0 Å². The largest absolute Gasteiger partial charge is 0.497 e. The molecule has 7 heteroatoms. The molecule has 7 nitrogen and oxygen atoms in total. The third-order valence-electron chi connectivity index (χ3n) is 3.22. The van der Waals surface area contributed by atoms with Gasteiger partial charge in [0.15, 0.2) is 0 Å². The van der Waals surface area contributed by atoms with E-state index in [0.717, 1.165) is 0 Å². The molecule has 0 spiro atoms. The molecule has 1 aliphatic heterocycles. The van der Waals surface area contributed by atoms with E-state index in [9.17, 15) is 4.79 Å². The molecule has 2 aromatic rings. The molecule has 0 unspecified atom stereocenters. The van der Waals surface area contributed by atoms with E-state index < -0.39 is 7.04 Å². The Morgan fingerprint density at radius 3 is 2.87 bits per heavy atom. The zero-order chi connectivity index (χ0) is 18.7. The summed E-state index contributed by atoms with van der Waals surface area (Å²) >= 11 is 0. The van der Waals surface area contributed by atoms with Crippen LogP contribution >= 0.6 is 0 Å². The van der Waals surface area contributed by atoms with Crippen molar-refractivity contribution in [2.45, 2.75) is 6.42 Å². The smallest absolute Gasteiger partial charge is 0.326 e. The van der Waals surface area contributed by atoms with Gasteiger partial charge in [-0.25, -0.2) is 14.8 Å². The lowest BCUT2D eigenvalue weighted by Crippen LogP contribution is -2.45. The molecule has 0 radical (unpaired) electrons. The first-order valence-electron chi connectivity index (χ1n) is 8.35. The van der Waals surface area contributed by atoms with Crippen molar-refractivity contribution in [3.8, 4) is 17.5 Å². The second kappa shape index (κ2) is 6.35. The van der Waals surface area contributed by atoms with E-state index in [-0.39, 0.29) is 17.8 Å². The molecule has 0 bridgehead atoms. The number of hydrogen-bond donors (Lipinski definition) is 1. The van der Waals surface area contributed by atoms with Crippen LogP contribution in [0.4, 0.5) is 10.5 Å². The SMILES string of the molecule is [2H]C([2H])([2H])Oc1cccc(Oc2ncc(N3CCC(=C)NC3=O)cn2)c1. The van der Waals surface area contributed by atoms with Crippen LogP contribution in [0.25, 0.3) is 0 Å². The lowest BCUT2D eigenvalue weighted by molar-refractivity contribution is 0.246. The Hall–Kier alpha value is -3.09. The fourth-order valence-electron chi connectivity index (χ4n) is 2.08. The number of urea groups is 1. The zero-order valence-corrected chi connectivity index (χ0v) is 12.2. The molecule has 1 aromatic heterocycles. The third kappa shape index (κ3) is 3.39. The Kier molecular flexibility index (Phi) is 3.17. The van der Waals surface area contributed by atoms with Gasteiger partial charge in [0.1, 0.15) is 11.5 Å². The Balaban J connectivity index is 1.69. The second-order valence-corrected chi connectivity index (χ2v) is 4.84. The average molecular weight is 315 g/mol. The van der Waals surface area contributed by atoms with Gasteiger partial charge in [-0.2, -0.15) is 0 Å². The van der Waals surface area contributed by atoms with Crippen LogP contribution in [0.3, 0.4) is 0 Å². The number of rotatable bonds is 4. The highest BCUT2D eigenvalue weighted by Crippen LogP contribution is 2.24. The molecule has 1 saturated heterocycles. The lowest BCUT2D eigenvalue weighted by atomic mass is 10.2. The maximum absolute atomic E-state index is 11.9. The summed E-state index contributed by atoms with van der Waals surface area (Å²) < 4.78 is 31.7. The summed E-state index contributed by atoms with van der Waals surface area (Å²) in [5, 5.41) is 2.65. The summed E-state index contributed by atoms with van der Waals surface area (Å²) in [5.41, 5.74) is 1.20. The Morgan fingerprint density at radius 1 is 1.35 bits per heavy atom. The van der Waals surface area contributed by atoms with Crippen molar-refractivity contribution < 1.29 is 18.4 Å². The summed E-state index contributed by atoms with van der Waals surface area (Å²) in [6.07, 6.45) is 3.58. The number of benzene rings is 1. The molecule has 118 valence electrons. The summed E-state index contributed by atoms with van der Waals surface area (Å²) in [6, 6.07) is 5.91. The summed E-state index contributed by atoms with van der Waals surface area (Å²) in [7, 11) is -2.54. The molecule has 0 atom stereocenters. The quantitative estimate of drug-likeness (QED) is 0.938. The molecule has 1 fully saturated rings. The number of nitrogens with zero attached hydrogens (tertiary/aromatic N) is 3. The van der Waals surface area contributed by atoms with E-state index in [4.69, 9.17) is 13.6 Å². The van der Waals surface area contributed by atoms with Gasteiger partial charge in [0.2, 0.25) is 0 Å². The monoisotopic (exact) mass is 315 g/mol. The average Bonchev–Trinajstić information content (AvgIpc) is 2.55. The number of ether oxygens (including phenoxy) is 2. The lowest BCUT2D eigenvalue weighted by Gasteiger charge is -2.28. The van der Waals surface area contributed by atoms with Crippen LogP contribution in [0.1, 0.15) is 10.5 Å². The van der Waals surface area contributed by atoms with E-state index >= 15 is 0 Å². The van der Waals surface area contributed by atoms with E-state index in [1.807, 2.05) is 0 Å². The van der Waals surface area contributed by atoms with Crippen molar-refractivity contribution in [3.05, 3.63) is 48.9 Å². The number of aromatic nitrogens is 2. The van der Waals surface area contributed by atoms with Crippen molar-refractivity contribution in [2.24, 2.45) is 0 Å². The highest BCUT2D eigenvalue weighted by molar-refractivity contribution is 5.93. The van der Waals surface area contributed by atoms with Crippen molar-refractivity contribution in [1.29, 1.82) is 0 Å².